The van der Waals surface area contributed by atoms with Crippen molar-refractivity contribution < 1.29 is 18.4 Å². The van der Waals surface area contributed by atoms with Gasteiger partial charge in [-0.15, -0.1) is 0 Å². The lowest BCUT2D eigenvalue weighted by atomic mass is 9.79. The maximum Gasteiger partial charge on any atom is 0.327 e. The summed E-state index contributed by atoms with van der Waals surface area (Å²) in [7, 11) is 1.76. The highest BCUT2D eigenvalue weighted by atomic mass is 19.1. The van der Waals surface area contributed by atoms with Crippen LogP contribution >= 0.6 is 0 Å². The van der Waals surface area contributed by atoms with Crippen molar-refractivity contribution in [1.82, 2.24) is 4.90 Å². The Bertz CT molecular complexity index is 685. The number of nitro benzene ring substituents is 1. The number of nitrogens with zero attached hydrogens (tertiary/aromatic N) is 2. The Balaban J connectivity index is 1.61. The van der Waals surface area contributed by atoms with Gasteiger partial charge in [0.05, 0.1) is 11.0 Å². The monoisotopic (exact) mass is 383 g/mol. The number of halogens is 2. The van der Waals surface area contributed by atoms with Gasteiger partial charge in [0.25, 0.3) is 0 Å². The summed E-state index contributed by atoms with van der Waals surface area (Å²) in [4.78, 5) is 12.8. The van der Waals surface area contributed by atoms with E-state index in [0.29, 0.717) is 12.2 Å². The molecule has 2 aliphatic rings. The van der Waals surface area contributed by atoms with E-state index in [1.165, 1.54) is 0 Å². The van der Waals surface area contributed by atoms with Crippen molar-refractivity contribution in [1.29, 1.82) is 0 Å². The summed E-state index contributed by atoms with van der Waals surface area (Å²) in [5.41, 5.74) is -0.622. The molecule has 0 unspecified atom stereocenters. The van der Waals surface area contributed by atoms with Gasteiger partial charge in [-0.3, -0.25) is 15.0 Å². The van der Waals surface area contributed by atoms with Crippen molar-refractivity contribution in [2.75, 3.05) is 25.5 Å². The summed E-state index contributed by atoms with van der Waals surface area (Å²) in [6.07, 6.45) is 6.19. The Morgan fingerprint density at radius 3 is 2.41 bits per heavy atom. The SMILES string of the molecule is CO[C@H]1CC[C@](C)(N2CCC(Nc3cc(F)cc(F)c3[N+](=O)[O-])CC2)CC1. The number of nitro groups is 1. The normalized spacial score (nSPS) is 27.5. The van der Waals surface area contributed by atoms with Crippen LogP contribution in [0.15, 0.2) is 12.1 Å². The van der Waals surface area contributed by atoms with Gasteiger partial charge < -0.3 is 10.1 Å². The Morgan fingerprint density at radius 2 is 1.85 bits per heavy atom. The predicted octanol–water partition coefficient (Wildman–Crippen LogP) is 4.10. The molecule has 1 aliphatic carbocycles. The number of methoxy groups -OCH3 is 1. The second kappa shape index (κ2) is 8.06. The summed E-state index contributed by atoms with van der Waals surface area (Å²) in [6.45, 7) is 4.01. The molecule has 0 radical (unpaired) electrons. The molecule has 0 aromatic heterocycles. The first-order chi connectivity index (χ1) is 12.8. The molecular formula is C19H27F2N3O3. The third-order valence-electron chi connectivity index (χ3n) is 6.17. The van der Waals surface area contributed by atoms with Gasteiger partial charge in [0, 0.05) is 43.9 Å². The van der Waals surface area contributed by atoms with E-state index in [4.69, 9.17) is 4.74 Å². The average Bonchev–Trinajstić information content (AvgIpc) is 2.62. The fraction of sp³-hybridized carbons (Fsp3) is 0.684. The second-order valence-corrected chi connectivity index (χ2v) is 7.88. The number of ether oxygens (including phenoxy) is 1. The lowest BCUT2D eigenvalue weighted by Crippen LogP contribution is -2.53. The minimum Gasteiger partial charge on any atom is -0.381 e. The molecule has 0 spiro atoms. The molecule has 2 fully saturated rings. The number of benzene rings is 1. The van der Waals surface area contributed by atoms with Crippen molar-refractivity contribution >= 4 is 11.4 Å². The highest BCUT2D eigenvalue weighted by Gasteiger charge is 2.38. The molecule has 1 saturated carbocycles. The number of piperidine rings is 1. The van der Waals surface area contributed by atoms with Gasteiger partial charge in [-0.1, -0.05) is 0 Å². The topological polar surface area (TPSA) is 67.6 Å². The molecule has 1 aromatic rings. The van der Waals surface area contributed by atoms with E-state index < -0.39 is 22.2 Å². The number of likely N-dealkylation sites (tertiary alicyclic amines) is 1. The van der Waals surface area contributed by atoms with Crippen LogP contribution in [0.5, 0.6) is 0 Å². The van der Waals surface area contributed by atoms with Gasteiger partial charge >= 0.3 is 5.69 Å². The van der Waals surface area contributed by atoms with Gasteiger partial charge in [0.15, 0.2) is 0 Å². The summed E-state index contributed by atoms with van der Waals surface area (Å²) in [6, 6.07) is 1.50. The summed E-state index contributed by atoms with van der Waals surface area (Å²) in [5, 5.41) is 14.1. The number of hydrogen-bond acceptors (Lipinski definition) is 5. The zero-order chi connectivity index (χ0) is 19.6. The minimum absolute atomic E-state index is 0.0416. The highest BCUT2D eigenvalue weighted by Crippen LogP contribution is 2.37. The Morgan fingerprint density at radius 1 is 1.22 bits per heavy atom. The molecule has 0 atom stereocenters. The molecule has 1 N–H and O–H groups in total. The molecule has 27 heavy (non-hydrogen) atoms. The largest absolute Gasteiger partial charge is 0.381 e. The number of hydrogen-bond donors (Lipinski definition) is 1. The minimum atomic E-state index is -1.15. The Hall–Kier alpha value is -1.80. The Kier molecular flexibility index (Phi) is 5.95. The van der Waals surface area contributed by atoms with Crippen LogP contribution in [0, 0.1) is 21.7 Å². The van der Waals surface area contributed by atoms with Crippen LogP contribution in [0.3, 0.4) is 0 Å². The van der Waals surface area contributed by atoms with Gasteiger partial charge in [-0.2, -0.15) is 4.39 Å². The third-order valence-corrected chi connectivity index (χ3v) is 6.17. The van der Waals surface area contributed by atoms with Crippen LogP contribution in [-0.2, 0) is 4.74 Å². The Labute approximate surface area is 158 Å². The van der Waals surface area contributed by atoms with Crippen LogP contribution in [0.4, 0.5) is 20.2 Å². The molecule has 150 valence electrons. The van der Waals surface area contributed by atoms with E-state index in [9.17, 15) is 18.9 Å². The van der Waals surface area contributed by atoms with E-state index in [1.54, 1.807) is 7.11 Å². The van der Waals surface area contributed by atoms with Crippen LogP contribution in [0.1, 0.15) is 45.4 Å². The van der Waals surface area contributed by atoms with E-state index in [0.717, 1.165) is 57.7 Å². The zero-order valence-corrected chi connectivity index (χ0v) is 15.8. The standard InChI is InChI=1S/C19H27F2N3O3/c1-19(7-3-15(27-2)4-8-19)23-9-5-14(6-10-23)22-17-12-13(20)11-16(21)18(17)24(25)26/h11-12,14-15,22H,3-10H2,1-2H3/t15-,19-. The van der Waals surface area contributed by atoms with Crippen LogP contribution in [0.25, 0.3) is 0 Å². The van der Waals surface area contributed by atoms with E-state index in [1.807, 2.05) is 0 Å². The molecule has 8 heteroatoms. The fourth-order valence-corrected chi connectivity index (χ4v) is 4.41. The average molecular weight is 383 g/mol. The lowest BCUT2D eigenvalue weighted by molar-refractivity contribution is -0.386. The summed E-state index contributed by atoms with van der Waals surface area (Å²) in [5.74, 6) is -1.97. The maximum absolute atomic E-state index is 13.8. The molecule has 6 nitrogen and oxygen atoms in total. The number of rotatable bonds is 5. The number of anilines is 1. The maximum atomic E-state index is 13.8. The fourth-order valence-electron chi connectivity index (χ4n) is 4.41. The van der Waals surface area contributed by atoms with Gasteiger partial charge in [0.1, 0.15) is 11.5 Å². The molecule has 0 amide bonds. The predicted molar refractivity (Wildman–Crippen MR) is 98.9 cm³/mol. The first-order valence-corrected chi connectivity index (χ1v) is 9.50. The first-order valence-electron chi connectivity index (χ1n) is 9.50. The van der Waals surface area contributed by atoms with Gasteiger partial charge in [-0.25, -0.2) is 4.39 Å². The van der Waals surface area contributed by atoms with Crippen molar-refractivity contribution in [2.45, 2.75) is 63.1 Å². The smallest absolute Gasteiger partial charge is 0.327 e. The zero-order valence-electron chi connectivity index (χ0n) is 15.8. The molecule has 1 saturated heterocycles. The van der Waals surface area contributed by atoms with Crippen molar-refractivity contribution in [2.24, 2.45) is 0 Å². The van der Waals surface area contributed by atoms with Crippen LogP contribution in [0.2, 0.25) is 0 Å². The molecule has 1 heterocycles. The molecular weight excluding hydrogens is 356 g/mol. The summed E-state index contributed by atoms with van der Waals surface area (Å²) >= 11 is 0. The van der Waals surface area contributed by atoms with E-state index >= 15 is 0 Å². The van der Waals surface area contributed by atoms with Gasteiger partial charge in [0.2, 0.25) is 5.82 Å². The molecule has 1 aromatic carbocycles. The quantitative estimate of drug-likeness (QED) is 0.613. The molecule has 1 aliphatic heterocycles. The van der Waals surface area contributed by atoms with Crippen molar-refractivity contribution in [3.8, 4) is 0 Å². The second-order valence-electron chi connectivity index (χ2n) is 7.88. The highest BCUT2D eigenvalue weighted by molar-refractivity contribution is 5.62. The molecule has 3 rings (SSSR count). The number of nitrogens with one attached hydrogen (secondary N) is 1. The van der Waals surface area contributed by atoms with E-state index in [2.05, 4.69) is 17.1 Å². The van der Waals surface area contributed by atoms with Crippen molar-refractivity contribution in [3.05, 3.63) is 33.9 Å². The van der Waals surface area contributed by atoms with Crippen LogP contribution < -0.4 is 5.32 Å². The van der Waals surface area contributed by atoms with Crippen LogP contribution in [-0.4, -0.2) is 47.7 Å². The van der Waals surface area contributed by atoms with Crippen molar-refractivity contribution in [3.63, 3.8) is 0 Å². The lowest BCUT2D eigenvalue weighted by Gasteiger charge is -2.48. The van der Waals surface area contributed by atoms with Gasteiger partial charge in [-0.05, 0) is 45.4 Å². The van der Waals surface area contributed by atoms with E-state index in [-0.39, 0.29) is 17.3 Å². The first kappa shape index (κ1) is 19.9. The summed E-state index contributed by atoms with van der Waals surface area (Å²) < 4.78 is 32.8. The molecule has 0 bridgehead atoms. The third kappa shape index (κ3) is 4.38.